The Hall–Kier alpha value is -3.64. The van der Waals surface area contributed by atoms with Gasteiger partial charge in [-0.3, -0.25) is 4.79 Å². The lowest BCUT2D eigenvalue weighted by Crippen LogP contribution is -2.53. The van der Waals surface area contributed by atoms with Gasteiger partial charge in [-0.05, 0) is 96.4 Å². The molecule has 2 heterocycles. The third-order valence-electron chi connectivity index (χ3n) is 9.48. The van der Waals surface area contributed by atoms with Crippen molar-refractivity contribution in [3.8, 4) is 22.8 Å². The first-order chi connectivity index (χ1) is 22.7. The van der Waals surface area contributed by atoms with Crippen LogP contribution in [0.4, 0.5) is 4.79 Å². The third-order valence-corrected chi connectivity index (χ3v) is 11.2. The van der Waals surface area contributed by atoms with Gasteiger partial charge in [-0.25, -0.2) is 14.8 Å². The summed E-state index contributed by atoms with van der Waals surface area (Å²) in [6, 6.07) is 6.61. The number of benzene rings is 1. The smallest absolute Gasteiger partial charge is 0.407 e. The van der Waals surface area contributed by atoms with Gasteiger partial charge >= 0.3 is 6.09 Å². The van der Waals surface area contributed by atoms with Crippen molar-refractivity contribution in [2.75, 3.05) is 20.3 Å². The van der Waals surface area contributed by atoms with Crippen LogP contribution in [-0.4, -0.2) is 82.6 Å². The number of carboxylic acid groups (broad SMARTS) is 1. The predicted octanol–water partition coefficient (Wildman–Crippen LogP) is 7.34. The van der Waals surface area contributed by atoms with Crippen molar-refractivity contribution in [1.82, 2.24) is 24.8 Å². The zero-order chi connectivity index (χ0) is 34.8. The summed E-state index contributed by atoms with van der Waals surface area (Å²) in [7, 11) is 0.322. The second-order valence-corrected chi connectivity index (χ2v) is 21.2. The highest BCUT2D eigenvalue weighted by Crippen LogP contribution is 2.40. The quantitative estimate of drug-likeness (QED) is 0.142. The lowest BCUT2D eigenvalue weighted by molar-refractivity contribution is 0.0519. The van der Waals surface area contributed by atoms with Crippen molar-refractivity contribution in [3.05, 3.63) is 35.8 Å². The molecule has 1 aromatic carbocycles. The van der Waals surface area contributed by atoms with Crippen LogP contribution in [0.3, 0.4) is 0 Å². The minimum absolute atomic E-state index is 0.0720. The lowest BCUT2D eigenvalue weighted by Gasteiger charge is -2.42. The van der Waals surface area contributed by atoms with Crippen LogP contribution in [0.15, 0.2) is 24.5 Å². The monoisotopic (exact) mass is 679 g/mol. The van der Waals surface area contributed by atoms with E-state index < -0.39 is 19.7 Å². The second-order valence-electron chi connectivity index (χ2n) is 15.6. The van der Waals surface area contributed by atoms with Crippen LogP contribution in [0.2, 0.25) is 25.7 Å². The molecule has 2 N–H and O–H groups in total. The number of hydrogen-bond donors (Lipinski definition) is 2. The first-order valence-electron chi connectivity index (χ1n) is 17.2. The number of nitrogens with one attached hydrogen (secondary N) is 1. The van der Waals surface area contributed by atoms with Gasteiger partial charge in [0.15, 0.2) is 0 Å². The molecule has 12 heteroatoms. The van der Waals surface area contributed by atoms with Gasteiger partial charge in [0.1, 0.15) is 35.8 Å². The minimum atomic E-state index is -1.31. The molecule has 2 aliphatic carbocycles. The summed E-state index contributed by atoms with van der Waals surface area (Å²) in [6.07, 6.45) is 5.71. The standard InChI is InChI=1S/C36H53N5O6Si/c1-23-30(34(42)39-25-11-13-26(14-12-25)41(35(43)44)36(2,3)4)32-33(40(23)22-46-17-18-48(6,7)8)31(37-21-38-32)28-19-27(45-5)15-16-29(28)47-20-24-9-10-24/h15-16,19,21,24-26H,9-14,17-18,20,22H2,1-8H3,(H,39,42)(H,43,44)/t25-,26-. The molecular weight excluding hydrogens is 627 g/mol. The molecule has 2 amide bonds. The van der Waals surface area contributed by atoms with Gasteiger partial charge in [0.05, 0.1) is 24.8 Å². The van der Waals surface area contributed by atoms with Gasteiger partial charge in [-0.2, -0.15) is 0 Å². The van der Waals surface area contributed by atoms with Crippen molar-refractivity contribution in [1.29, 1.82) is 0 Å². The minimum Gasteiger partial charge on any atom is -0.497 e. The van der Waals surface area contributed by atoms with E-state index >= 15 is 0 Å². The fourth-order valence-electron chi connectivity index (χ4n) is 6.62. The fourth-order valence-corrected chi connectivity index (χ4v) is 7.38. The van der Waals surface area contributed by atoms with Gasteiger partial charge in [0, 0.05) is 43.6 Å². The van der Waals surface area contributed by atoms with Crippen molar-refractivity contribution < 1.29 is 28.9 Å². The molecule has 0 aliphatic heterocycles. The van der Waals surface area contributed by atoms with Crippen LogP contribution >= 0.6 is 0 Å². The van der Waals surface area contributed by atoms with E-state index in [-0.39, 0.29) is 24.7 Å². The largest absolute Gasteiger partial charge is 0.497 e. The zero-order valence-electron chi connectivity index (χ0n) is 29.9. The molecule has 0 unspecified atom stereocenters. The van der Waals surface area contributed by atoms with Crippen LogP contribution in [-0.2, 0) is 11.5 Å². The second kappa shape index (κ2) is 14.5. The fraction of sp³-hybridized carbons (Fsp3) is 0.611. The number of carbonyl (C=O) groups is 2. The summed E-state index contributed by atoms with van der Waals surface area (Å²) in [5.74, 6) is 1.76. The van der Waals surface area contributed by atoms with E-state index in [2.05, 4.69) is 29.9 Å². The van der Waals surface area contributed by atoms with E-state index in [1.165, 1.54) is 19.2 Å². The lowest BCUT2D eigenvalue weighted by atomic mass is 9.88. The number of ether oxygens (including phenoxy) is 3. The zero-order valence-corrected chi connectivity index (χ0v) is 30.9. The molecule has 2 saturated carbocycles. The molecule has 2 fully saturated rings. The average Bonchev–Trinajstić information content (AvgIpc) is 3.80. The summed E-state index contributed by atoms with van der Waals surface area (Å²) in [5.41, 5.74) is 3.44. The molecule has 262 valence electrons. The number of aromatic nitrogens is 3. The number of amides is 2. The summed E-state index contributed by atoms with van der Waals surface area (Å²) in [4.78, 5) is 37.2. The first kappa shape index (κ1) is 35.7. The summed E-state index contributed by atoms with van der Waals surface area (Å²) < 4.78 is 20.2. The van der Waals surface area contributed by atoms with Crippen LogP contribution < -0.4 is 14.8 Å². The Balaban J connectivity index is 1.48. The maximum atomic E-state index is 14.1. The van der Waals surface area contributed by atoms with Gasteiger partial charge in [-0.1, -0.05) is 19.6 Å². The van der Waals surface area contributed by atoms with Gasteiger partial charge in [0.2, 0.25) is 0 Å². The molecule has 5 rings (SSSR count). The summed E-state index contributed by atoms with van der Waals surface area (Å²) in [6.45, 7) is 16.2. The Morgan fingerprint density at radius 3 is 2.40 bits per heavy atom. The van der Waals surface area contributed by atoms with Crippen molar-refractivity contribution in [2.45, 2.75) is 116 Å². The molecule has 0 atom stereocenters. The van der Waals surface area contributed by atoms with Crippen LogP contribution in [0.5, 0.6) is 11.5 Å². The van der Waals surface area contributed by atoms with Crippen molar-refractivity contribution >= 4 is 31.1 Å². The highest BCUT2D eigenvalue weighted by molar-refractivity contribution is 6.76. The molecule has 2 aliphatic rings. The van der Waals surface area contributed by atoms with Gasteiger partial charge in [0.25, 0.3) is 5.91 Å². The number of carbonyl (C=O) groups excluding carboxylic acids is 1. The van der Waals surface area contributed by atoms with E-state index in [0.717, 1.165) is 17.3 Å². The number of hydrogen-bond acceptors (Lipinski definition) is 7. The molecule has 48 heavy (non-hydrogen) atoms. The number of fused-ring (bicyclic) bond motifs is 1. The Labute approximate surface area is 285 Å². The maximum Gasteiger partial charge on any atom is 0.407 e. The molecule has 11 nitrogen and oxygen atoms in total. The van der Waals surface area contributed by atoms with Gasteiger partial charge in [-0.15, -0.1) is 0 Å². The Kier molecular flexibility index (Phi) is 10.7. The third kappa shape index (κ3) is 8.31. The normalized spacial score (nSPS) is 18.5. The van der Waals surface area contributed by atoms with E-state index in [1.54, 1.807) is 12.0 Å². The summed E-state index contributed by atoms with van der Waals surface area (Å²) in [5, 5.41) is 13.2. The number of nitrogens with zero attached hydrogens (tertiary/aromatic N) is 4. The van der Waals surface area contributed by atoms with Gasteiger partial charge < -0.3 is 34.1 Å². The molecule has 0 spiro atoms. The molecule has 0 saturated heterocycles. The summed E-state index contributed by atoms with van der Waals surface area (Å²) >= 11 is 0. The van der Waals surface area contributed by atoms with E-state index in [9.17, 15) is 14.7 Å². The molecule has 0 bridgehead atoms. The molecule has 2 aromatic heterocycles. The van der Waals surface area contributed by atoms with E-state index in [0.29, 0.717) is 78.6 Å². The topological polar surface area (TPSA) is 128 Å². The van der Waals surface area contributed by atoms with Crippen LogP contribution in [0, 0.1) is 12.8 Å². The highest BCUT2D eigenvalue weighted by Gasteiger charge is 2.36. The Morgan fingerprint density at radius 1 is 1.08 bits per heavy atom. The SMILES string of the molecule is COc1ccc(OCC2CC2)c(-c2ncnc3c(C(=O)N[C@H]4CC[C@H](N(C(=O)O)C(C)(C)C)CC4)c(C)n(COCC[Si](C)(C)C)c23)c1. The molecular formula is C36H53N5O6Si. The Bertz CT molecular complexity index is 1620. The predicted molar refractivity (Wildman–Crippen MR) is 190 cm³/mol. The number of methoxy groups -OCH3 is 1. The van der Waals surface area contributed by atoms with Crippen molar-refractivity contribution in [2.24, 2.45) is 5.92 Å². The average molecular weight is 680 g/mol. The maximum absolute atomic E-state index is 14.1. The number of rotatable bonds is 13. The van der Waals surface area contributed by atoms with Crippen LogP contribution in [0.1, 0.15) is 75.3 Å². The molecule has 3 aromatic rings. The van der Waals surface area contributed by atoms with Crippen molar-refractivity contribution in [3.63, 3.8) is 0 Å². The van der Waals surface area contributed by atoms with E-state index in [4.69, 9.17) is 19.2 Å². The highest BCUT2D eigenvalue weighted by atomic mass is 28.3. The Morgan fingerprint density at radius 2 is 1.79 bits per heavy atom. The van der Waals surface area contributed by atoms with E-state index in [1.807, 2.05) is 50.5 Å². The molecule has 0 radical (unpaired) electrons. The van der Waals surface area contributed by atoms with Crippen LogP contribution in [0.25, 0.3) is 22.3 Å². The first-order valence-corrected chi connectivity index (χ1v) is 20.9.